The highest BCUT2D eigenvalue weighted by Gasteiger charge is 2.67. The van der Waals surface area contributed by atoms with E-state index in [2.05, 4.69) is 24.0 Å². The number of amides is 2. The van der Waals surface area contributed by atoms with E-state index >= 15 is 0 Å². The van der Waals surface area contributed by atoms with E-state index in [0.717, 1.165) is 30.6 Å². The fraction of sp³-hybridized carbons (Fsp3) is 0.650. The Kier molecular flexibility index (Phi) is 3.73. The molecule has 27 heavy (non-hydrogen) atoms. The molecule has 4 atom stereocenters. The summed E-state index contributed by atoms with van der Waals surface area (Å²) in [7, 11) is 0. The zero-order valence-corrected chi connectivity index (χ0v) is 15.9. The van der Waals surface area contributed by atoms with Crippen LogP contribution in [0.4, 0.5) is 0 Å². The summed E-state index contributed by atoms with van der Waals surface area (Å²) in [4.78, 5) is 30.3. The van der Waals surface area contributed by atoms with Gasteiger partial charge in [-0.25, -0.2) is 0 Å². The molecule has 7 heteroatoms. The topological polar surface area (TPSA) is 78.5 Å². The van der Waals surface area contributed by atoms with Gasteiger partial charge in [0.15, 0.2) is 0 Å². The normalized spacial score (nSPS) is 33.9. The summed E-state index contributed by atoms with van der Waals surface area (Å²) in [6, 6.07) is 0. The van der Waals surface area contributed by atoms with E-state index in [-0.39, 0.29) is 23.8 Å². The van der Waals surface area contributed by atoms with Gasteiger partial charge in [0, 0.05) is 37.3 Å². The van der Waals surface area contributed by atoms with E-state index in [0.29, 0.717) is 25.6 Å². The van der Waals surface area contributed by atoms with E-state index in [1.165, 1.54) is 0 Å². The number of rotatable bonds is 4. The molecule has 0 radical (unpaired) electrons. The van der Waals surface area contributed by atoms with Crippen molar-refractivity contribution in [2.75, 3.05) is 19.6 Å². The average Bonchev–Trinajstić information content (AvgIpc) is 3.39. The first-order valence-corrected chi connectivity index (χ1v) is 9.94. The van der Waals surface area contributed by atoms with Crippen LogP contribution in [-0.2, 0) is 27.3 Å². The Hall–Kier alpha value is -2.15. The summed E-state index contributed by atoms with van der Waals surface area (Å²) >= 11 is 0. The van der Waals surface area contributed by atoms with Gasteiger partial charge in [-0.2, -0.15) is 5.10 Å². The number of carbonyl (C=O) groups is 2. The third-order valence-corrected chi connectivity index (χ3v) is 6.55. The Balaban J connectivity index is 1.37. The second kappa shape index (κ2) is 5.92. The molecular formula is C20H26N4O3. The van der Waals surface area contributed by atoms with Crippen molar-refractivity contribution in [1.29, 1.82) is 0 Å². The zero-order valence-electron chi connectivity index (χ0n) is 15.9. The standard InChI is InChI=1S/C20H26N4O3/c1-12(2)4-7-24-11-20-6-3-15(27-20)16(17(20)19(24)26)18(25)23-8-5-14-13(10-23)9-21-22-14/h3,6,9,12,15-17H,4-5,7-8,10-11H2,1-2H3,(H,21,22)/t15-,16?,17?,20-/m1/s1. The molecule has 5 heterocycles. The van der Waals surface area contributed by atoms with Crippen molar-refractivity contribution >= 4 is 11.8 Å². The number of fused-ring (bicyclic) bond motifs is 2. The van der Waals surface area contributed by atoms with Crippen LogP contribution in [-0.4, -0.2) is 63.2 Å². The molecule has 0 aromatic carbocycles. The fourth-order valence-electron chi connectivity index (χ4n) is 5.08. The maximum Gasteiger partial charge on any atom is 0.230 e. The quantitative estimate of drug-likeness (QED) is 0.806. The van der Waals surface area contributed by atoms with Gasteiger partial charge >= 0.3 is 0 Å². The van der Waals surface area contributed by atoms with Gasteiger partial charge in [0.2, 0.25) is 11.8 Å². The lowest BCUT2D eigenvalue weighted by Gasteiger charge is -2.32. The van der Waals surface area contributed by atoms with Gasteiger partial charge < -0.3 is 14.5 Å². The Labute approximate surface area is 158 Å². The fourth-order valence-corrected chi connectivity index (χ4v) is 5.08. The third kappa shape index (κ3) is 2.47. The summed E-state index contributed by atoms with van der Waals surface area (Å²) in [6.07, 6.45) is 7.29. The minimum atomic E-state index is -0.602. The molecule has 4 aliphatic rings. The maximum atomic E-state index is 13.4. The van der Waals surface area contributed by atoms with Gasteiger partial charge in [-0.05, 0) is 12.3 Å². The molecule has 1 spiro atoms. The van der Waals surface area contributed by atoms with Crippen molar-refractivity contribution in [3.05, 3.63) is 29.6 Å². The minimum absolute atomic E-state index is 0.0436. The molecule has 2 bridgehead atoms. The number of nitrogens with zero attached hydrogens (tertiary/aromatic N) is 3. The molecule has 2 saturated heterocycles. The van der Waals surface area contributed by atoms with Crippen LogP contribution >= 0.6 is 0 Å². The lowest BCUT2D eigenvalue weighted by molar-refractivity contribution is -0.144. The number of hydrogen-bond donors (Lipinski definition) is 1. The van der Waals surface area contributed by atoms with Gasteiger partial charge in [-0.1, -0.05) is 26.0 Å². The van der Waals surface area contributed by atoms with Crippen molar-refractivity contribution in [3.63, 3.8) is 0 Å². The molecule has 2 fully saturated rings. The van der Waals surface area contributed by atoms with Crippen molar-refractivity contribution in [1.82, 2.24) is 20.0 Å². The van der Waals surface area contributed by atoms with Crippen molar-refractivity contribution in [2.24, 2.45) is 17.8 Å². The maximum absolute atomic E-state index is 13.4. The molecule has 7 nitrogen and oxygen atoms in total. The molecule has 2 unspecified atom stereocenters. The first kappa shape index (κ1) is 17.0. The highest BCUT2D eigenvalue weighted by Crippen LogP contribution is 2.52. The first-order chi connectivity index (χ1) is 13.0. The lowest BCUT2D eigenvalue weighted by atomic mass is 9.76. The molecule has 5 rings (SSSR count). The molecule has 2 amide bonds. The SMILES string of the molecule is CC(C)CCN1C[C@@]23C=C[C@@H](O2)C(C(=O)N2CCc4[nH]ncc4C2)C3C1=O. The monoisotopic (exact) mass is 370 g/mol. The second-order valence-corrected chi connectivity index (χ2v) is 8.73. The van der Waals surface area contributed by atoms with Crippen LogP contribution in [0.3, 0.4) is 0 Å². The Morgan fingerprint density at radius 3 is 3.15 bits per heavy atom. The number of likely N-dealkylation sites (tertiary alicyclic amines) is 1. The van der Waals surface area contributed by atoms with Crippen LogP contribution in [0.25, 0.3) is 0 Å². The summed E-state index contributed by atoms with van der Waals surface area (Å²) in [5.41, 5.74) is 1.58. The largest absolute Gasteiger partial charge is 0.360 e. The summed E-state index contributed by atoms with van der Waals surface area (Å²) < 4.78 is 6.23. The number of nitrogens with one attached hydrogen (secondary N) is 1. The Morgan fingerprint density at radius 1 is 1.48 bits per heavy atom. The smallest absolute Gasteiger partial charge is 0.230 e. The predicted octanol–water partition coefficient (Wildman–Crippen LogP) is 1.12. The summed E-state index contributed by atoms with van der Waals surface area (Å²) in [6.45, 7) is 6.85. The summed E-state index contributed by atoms with van der Waals surface area (Å²) in [5.74, 6) is -0.111. The average molecular weight is 370 g/mol. The number of H-pyrrole nitrogens is 1. The van der Waals surface area contributed by atoms with E-state index < -0.39 is 11.5 Å². The number of carbonyl (C=O) groups excluding carboxylic acids is 2. The van der Waals surface area contributed by atoms with Crippen molar-refractivity contribution in [3.8, 4) is 0 Å². The van der Waals surface area contributed by atoms with Crippen LogP contribution in [0.1, 0.15) is 31.5 Å². The van der Waals surface area contributed by atoms with Gasteiger partial charge in [0.25, 0.3) is 0 Å². The highest BCUT2D eigenvalue weighted by atomic mass is 16.5. The van der Waals surface area contributed by atoms with E-state index in [4.69, 9.17) is 4.74 Å². The van der Waals surface area contributed by atoms with Crippen LogP contribution in [0.5, 0.6) is 0 Å². The molecule has 1 aromatic rings. The lowest BCUT2D eigenvalue weighted by Crippen LogP contribution is -2.47. The molecule has 1 aromatic heterocycles. The number of aromatic amines is 1. The Morgan fingerprint density at radius 2 is 2.33 bits per heavy atom. The van der Waals surface area contributed by atoms with Crippen LogP contribution in [0, 0.1) is 17.8 Å². The van der Waals surface area contributed by atoms with Gasteiger partial charge in [0.1, 0.15) is 5.60 Å². The summed E-state index contributed by atoms with van der Waals surface area (Å²) in [5, 5.41) is 7.08. The molecule has 1 N–H and O–H groups in total. The van der Waals surface area contributed by atoms with E-state index in [1.807, 2.05) is 22.0 Å². The number of aromatic nitrogens is 2. The molecule has 4 aliphatic heterocycles. The predicted molar refractivity (Wildman–Crippen MR) is 97.5 cm³/mol. The second-order valence-electron chi connectivity index (χ2n) is 8.73. The Bertz CT molecular complexity index is 816. The van der Waals surface area contributed by atoms with Crippen molar-refractivity contribution in [2.45, 2.75) is 44.9 Å². The number of ether oxygens (including phenoxy) is 1. The third-order valence-electron chi connectivity index (χ3n) is 6.55. The molecule has 0 aliphatic carbocycles. The van der Waals surface area contributed by atoms with Crippen LogP contribution in [0.15, 0.2) is 18.3 Å². The highest BCUT2D eigenvalue weighted by molar-refractivity contribution is 5.93. The van der Waals surface area contributed by atoms with Gasteiger partial charge in [0.05, 0.1) is 30.7 Å². The van der Waals surface area contributed by atoms with E-state index in [1.54, 1.807) is 6.20 Å². The first-order valence-electron chi connectivity index (χ1n) is 9.94. The molecule has 0 saturated carbocycles. The number of hydrogen-bond acceptors (Lipinski definition) is 4. The molecule has 144 valence electrons. The van der Waals surface area contributed by atoms with E-state index in [9.17, 15) is 9.59 Å². The molecular weight excluding hydrogens is 344 g/mol. The minimum Gasteiger partial charge on any atom is -0.360 e. The van der Waals surface area contributed by atoms with Crippen LogP contribution in [0.2, 0.25) is 0 Å². The zero-order chi connectivity index (χ0) is 18.8. The van der Waals surface area contributed by atoms with Gasteiger partial charge in [-0.3, -0.25) is 14.7 Å². The van der Waals surface area contributed by atoms with Gasteiger partial charge in [-0.15, -0.1) is 0 Å². The van der Waals surface area contributed by atoms with Crippen molar-refractivity contribution < 1.29 is 14.3 Å². The van der Waals surface area contributed by atoms with Crippen LogP contribution < -0.4 is 0 Å².